The lowest BCUT2D eigenvalue weighted by Gasteiger charge is -2.07. The summed E-state index contributed by atoms with van der Waals surface area (Å²) in [7, 11) is 0. The van der Waals surface area contributed by atoms with Crippen LogP contribution in [0.4, 0.5) is 0 Å². The normalized spacial score (nSPS) is 10.8. The standard InChI is InChI=1S/C16H19BrN2O3/c17-13-5-4-6-14-12(13)8-10-19(14)11-15(20)18-9-3-1-2-7-16(21)22/h4-6,8,10H,1-3,7,9,11H2,(H,18,20)(H,21,22). The predicted molar refractivity (Wildman–Crippen MR) is 88.8 cm³/mol. The van der Waals surface area contributed by atoms with Crippen LogP contribution in [0.25, 0.3) is 10.9 Å². The molecule has 0 aliphatic carbocycles. The summed E-state index contributed by atoms with van der Waals surface area (Å²) in [6.45, 7) is 0.871. The van der Waals surface area contributed by atoms with Crippen LogP contribution in [-0.4, -0.2) is 28.1 Å². The van der Waals surface area contributed by atoms with Crippen molar-refractivity contribution in [2.75, 3.05) is 6.54 Å². The van der Waals surface area contributed by atoms with E-state index in [9.17, 15) is 9.59 Å². The Bertz CT molecular complexity index is 666. The minimum Gasteiger partial charge on any atom is -0.481 e. The number of amides is 1. The Morgan fingerprint density at radius 2 is 2.00 bits per heavy atom. The Hall–Kier alpha value is -1.82. The van der Waals surface area contributed by atoms with Crippen molar-refractivity contribution in [1.82, 2.24) is 9.88 Å². The minimum absolute atomic E-state index is 0.0317. The molecule has 1 amide bonds. The third-order valence-electron chi connectivity index (χ3n) is 3.46. The molecule has 0 saturated heterocycles. The summed E-state index contributed by atoms with van der Waals surface area (Å²) in [5.74, 6) is -0.801. The van der Waals surface area contributed by atoms with Crippen molar-refractivity contribution in [2.24, 2.45) is 0 Å². The summed E-state index contributed by atoms with van der Waals surface area (Å²) in [5.41, 5.74) is 1.02. The van der Waals surface area contributed by atoms with E-state index in [2.05, 4.69) is 21.2 Å². The fraction of sp³-hybridized carbons (Fsp3) is 0.375. The molecular weight excluding hydrogens is 348 g/mol. The Morgan fingerprint density at radius 1 is 1.18 bits per heavy atom. The number of benzene rings is 1. The average Bonchev–Trinajstić information content (AvgIpc) is 2.87. The SMILES string of the molecule is O=C(O)CCCCCNC(=O)Cn1ccc2c(Br)cccc21. The molecule has 0 aliphatic heterocycles. The number of aromatic nitrogens is 1. The molecule has 2 aromatic rings. The van der Waals surface area contributed by atoms with Gasteiger partial charge in [0.1, 0.15) is 6.54 Å². The van der Waals surface area contributed by atoms with E-state index in [-0.39, 0.29) is 18.9 Å². The van der Waals surface area contributed by atoms with Crippen molar-refractivity contribution >= 4 is 38.7 Å². The maximum Gasteiger partial charge on any atom is 0.303 e. The summed E-state index contributed by atoms with van der Waals surface area (Å²) in [6, 6.07) is 7.89. The second-order valence-corrected chi connectivity index (χ2v) is 6.02. The number of carbonyl (C=O) groups is 2. The third-order valence-corrected chi connectivity index (χ3v) is 4.16. The molecule has 0 aliphatic rings. The monoisotopic (exact) mass is 366 g/mol. The largest absolute Gasteiger partial charge is 0.481 e. The van der Waals surface area contributed by atoms with E-state index in [1.807, 2.05) is 35.0 Å². The van der Waals surface area contributed by atoms with E-state index in [4.69, 9.17) is 5.11 Å². The number of carbonyl (C=O) groups excluding carboxylic acids is 1. The van der Waals surface area contributed by atoms with Gasteiger partial charge in [0.05, 0.1) is 0 Å². The first kappa shape index (κ1) is 16.5. The van der Waals surface area contributed by atoms with Crippen LogP contribution in [0.1, 0.15) is 25.7 Å². The molecule has 1 aromatic heterocycles. The van der Waals surface area contributed by atoms with Gasteiger partial charge in [0, 0.05) is 34.5 Å². The fourth-order valence-corrected chi connectivity index (χ4v) is 2.83. The molecule has 5 nitrogen and oxygen atoms in total. The first-order valence-electron chi connectivity index (χ1n) is 7.30. The molecule has 0 radical (unpaired) electrons. The first-order chi connectivity index (χ1) is 10.6. The van der Waals surface area contributed by atoms with Gasteiger partial charge < -0.3 is 15.0 Å². The third kappa shape index (κ3) is 4.59. The highest BCUT2D eigenvalue weighted by Gasteiger charge is 2.07. The lowest BCUT2D eigenvalue weighted by molar-refractivity contribution is -0.137. The van der Waals surface area contributed by atoms with Gasteiger partial charge in [-0.1, -0.05) is 28.4 Å². The Kier molecular flexibility index (Phi) is 6.00. The zero-order chi connectivity index (χ0) is 15.9. The molecule has 2 N–H and O–H groups in total. The smallest absolute Gasteiger partial charge is 0.303 e. The van der Waals surface area contributed by atoms with Gasteiger partial charge >= 0.3 is 5.97 Å². The summed E-state index contributed by atoms with van der Waals surface area (Å²) < 4.78 is 2.93. The van der Waals surface area contributed by atoms with Gasteiger partial charge in [-0.2, -0.15) is 0 Å². The average molecular weight is 367 g/mol. The minimum atomic E-state index is -0.769. The molecule has 0 bridgehead atoms. The second-order valence-electron chi connectivity index (χ2n) is 5.17. The van der Waals surface area contributed by atoms with E-state index in [1.54, 1.807) is 0 Å². The molecule has 2 rings (SSSR count). The summed E-state index contributed by atoms with van der Waals surface area (Å²) in [5, 5.41) is 12.5. The van der Waals surface area contributed by atoms with Crippen LogP contribution in [0.5, 0.6) is 0 Å². The Balaban J connectivity index is 1.77. The van der Waals surface area contributed by atoms with Gasteiger partial charge in [0.15, 0.2) is 0 Å². The number of nitrogens with zero attached hydrogens (tertiary/aromatic N) is 1. The number of carboxylic acids is 1. The predicted octanol–water partition coefficient (Wildman–Crippen LogP) is 3.17. The van der Waals surface area contributed by atoms with E-state index < -0.39 is 5.97 Å². The van der Waals surface area contributed by atoms with E-state index in [0.717, 1.165) is 28.2 Å². The molecule has 6 heteroatoms. The van der Waals surface area contributed by atoms with Gasteiger partial charge in [0.25, 0.3) is 0 Å². The highest BCUT2D eigenvalue weighted by Crippen LogP contribution is 2.24. The van der Waals surface area contributed by atoms with Crippen LogP contribution in [0.15, 0.2) is 34.9 Å². The zero-order valence-corrected chi connectivity index (χ0v) is 13.8. The summed E-state index contributed by atoms with van der Waals surface area (Å²) in [4.78, 5) is 22.3. The number of carboxylic acid groups (broad SMARTS) is 1. The summed E-state index contributed by atoms with van der Waals surface area (Å²) >= 11 is 3.50. The molecule has 0 unspecified atom stereocenters. The van der Waals surface area contributed by atoms with Crippen LogP contribution in [-0.2, 0) is 16.1 Å². The van der Waals surface area contributed by atoms with Crippen LogP contribution in [0, 0.1) is 0 Å². The van der Waals surface area contributed by atoms with Crippen LogP contribution < -0.4 is 5.32 Å². The number of hydrogen-bond donors (Lipinski definition) is 2. The number of unbranched alkanes of at least 4 members (excludes halogenated alkanes) is 2. The Labute approximate surface area is 137 Å². The topological polar surface area (TPSA) is 71.3 Å². The van der Waals surface area contributed by atoms with Gasteiger partial charge in [0.2, 0.25) is 5.91 Å². The van der Waals surface area contributed by atoms with Crippen molar-refractivity contribution in [3.63, 3.8) is 0 Å². The van der Waals surface area contributed by atoms with Crippen LogP contribution in [0.2, 0.25) is 0 Å². The highest BCUT2D eigenvalue weighted by molar-refractivity contribution is 9.10. The van der Waals surface area contributed by atoms with Crippen molar-refractivity contribution in [1.29, 1.82) is 0 Å². The number of rotatable bonds is 8. The maximum absolute atomic E-state index is 11.9. The number of nitrogens with one attached hydrogen (secondary N) is 1. The lowest BCUT2D eigenvalue weighted by Crippen LogP contribution is -2.28. The van der Waals surface area contributed by atoms with Gasteiger partial charge in [-0.3, -0.25) is 9.59 Å². The van der Waals surface area contributed by atoms with E-state index in [0.29, 0.717) is 13.0 Å². The van der Waals surface area contributed by atoms with E-state index >= 15 is 0 Å². The van der Waals surface area contributed by atoms with E-state index in [1.165, 1.54) is 0 Å². The number of aliphatic carboxylic acids is 1. The van der Waals surface area contributed by atoms with Crippen LogP contribution in [0.3, 0.4) is 0 Å². The quantitative estimate of drug-likeness (QED) is 0.704. The van der Waals surface area contributed by atoms with Crippen LogP contribution >= 0.6 is 15.9 Å². The highest BCUT2D eigenvalue weighted by atomic mass is 79.9. The van der Waals surface area contributed by atoms with Gasteiger partial charge in [-0.15, -0.1) is 0 Å². The van der Waals surface area contributed by atoms with Crippen molar-refractivity contribution in [3.05, 3.63) is 34.9 Å². The maximum atomic E-state index is 11.9. The number of halogens is 1. The first-order valence-corrected chi connectivity index (χ1v) is 8.09. The summed E-state index contributed by atoms with van der Waals surface area (Å²) in [6.07, 6.45) is 4.37. The van der Waals surface area contributed by atoms with Crippen molar-refractivity contribution in [3.8, 4) is 0 Å². The molecule has 0 atom stereocenters. The molecule has 1 heterocycles. The molecule has 118 valence electrons. The number of fused-ring (bicyclic) bond motifs is 1. The van der Waals surface area contributed by atoms with Gasteiger partial charge in [-0.25, -0.2) is 0 Å². The lowest BCUT2D eigenvalue weighted by atomic mass is 10.2. The molecule has 0 fully saturated rings. The molecular formula is C16H19BrN2O3. The Morgan fingerprint density at radius 3 is 2.77 bits per heavy atom. The van der Waals surface area contributed by atoms with Crippen molar-refractivity contribution < 1.29 is 14.7 Å². The molecule has 0 saturated carbocycles. The molecule has 22 heavy (non-hydrogen) atoms. The zero-order valence-electron chi connectivity index (χ0n) is 12.2. The van der Waals surface area contributed by atoms with Crippen molar-refractivity contribution in [2.45, 2.75) is 32.2 Å². The van der Waals surface area contributed by atoms with Gasteiger partial charge in [-0.05, 0) is 31.0 Å². The fourth-order valence-electron chi connectivity index (χ4n) is 2.34. The molecule has 1 aromatic carbocycles. The second kappa shape index (κ2) is 7.98. The number of hydrogen-bond acceptors (Lipinski definition) is 2. The molecule has 0 spiro atoms.